The van der Waals surface area contributed by atoms with Gasteiger partial charge in [0, 0.05) is 20.4 Å². The van der Waals surface area contributed by atoms with Crippen molar-refractivity contribution in [2.75, 3.05) is 0 Å². The third-order valence-electron chi connectivity index (χ3n) is 9.83. The van der Waals surface area contributed by atoms with E-state index in [1.165, 1.54) is 0 Å². The molecule has 0 saturated heterocycles. The van der Waals surface area contributed by atoms with Crippen molar-refractivity contribution >= 4 is 76.8 Å². The molecule has 7 heteroatoms. The van der Waals surface area contributed by atoms with E-state index >= 15 is 0 Å². The molecular weight excluding hydrogens is 763 g/mol. The van der Waals surface area contributed by atoms with Gasteiger partial charge in [0.2, 0.25) is 17.2 Å². The topological polar surface area (TPSA) is 103 Å². The second-order valence-corrected chi connectivity index (χ2v) is 13.4. The molecule has 0 unspecified atom stereocenters. The Hall–Kier alpha value is -6.19. The van der Waals surface area contributed by atoms with E-state index in [-0.39, 0.29) is 5.56 Å². The van der Waals surface area contributed by atoms with E-state index in [4.69, 9.17) is 9.15 Å². The first-order valence-electron chi connectivity index (χ1n) is 16.7. The molecule has 6 nitrogen and oxygen atoms in total. The molecule has 0 amide bonds. The molecule has 0 atom stereocenters. The summed E-state index contributed by atoms with van der Waals surface area (Å²) < 4.78 is 13.4. The molecule has 8 aromatic carbocycles. The largest absolute Gasteiger partial charge is 0.504 e. The van der Waals surface area contributed by atoms with Crippen molar-refractivity contribution in [1.29, 1.82) is 0 Å². The van der Waals surface area contributed by atoms with E-state index in [1.54, 1.807) is 11.0 Å². The minimum absolute atomic E-state index is 0.0990. The third-order valence-corrected chi connectivity index (χ3v) is 10.7. The summed E-state index contributed by atoms with van der Waals surface area (Å²) in [6.45, 7) is 1.63. The van der Waals surface area contributed by atoms with Crippen LogP contribution in [0.2, 0.25) is 0 Å². The van der Waals surface area contributed by atoms with Gasteiger partial charge in [-0.15, -0.1) is 0 Å². The van der Waals surface area contributed by atoms with E-state index in [0.717, 1.165) is 65.7 Å². The highest BCUT2D eigenvalue weighted by molar-refractivity contribution is 14.1. The molecule has 252 valence electrons. The van der Waals surface area contributed by atoms with Gasteiger partial charge in [0.05, 0.1) is 5.56 Å². The number of para-hydroxylation sites is 1. The van der Waals surface area contributed by atoms with Crippen molar-refractivity contribution in [3.8, 4) is 62.1 Å². The Morgan fingerprint density at radius 1 is 0.481 bits per heavy atom. The molecule has 0 aliphatic heterocycles. The monoisotopic (exact) mass is 792 g/mol. The summed E-state index contributed by atoms with van der Waals surface area (Å²) in [5.74, 6) is -2.65. The predicted octanol–water partition coefficient (Wildman–Crippen LogP) is 12.5. The Bertz CT molecular complexity index is 2870. The van der Waals surface area contributed by atoms with Crippen molar-refractivity contribution in [3.63, 3.8) is 0 Å². The van der Waals surface area contributed by atoms with Gasteiger partial charge in [0.25, 0.3) is 0 Å². The number of hydrogen-bond acceptors (Lipinski definition) is 6. The Morgan fingerprint density at radius 3 is 1.56 bits per heavy atom. The quantitative estimate of drug-likeness (QED) is 0.0455. The first kappa shape index (κ1) is 31.8. The maximum Gasteiger partial charge on any atom is 0.217 e. The number of benzene rings is 8. The van der Waals surface area contributed by atoms with Crippen LogP contribution in [-0.2, 0) is 0 Å². The van der Waals surface area contributed by atoms with Gasteiger partial charge >= 0.3 is 0 Å². The number of allylic oxidation sites excluding steroid dienone is 1. The number of phenolic OH excluding ortho intramolecular Hbond substituents is 4. The molecule has 0 bridgehead atoms. The van der Waals surface area contributed by atoms with Crippen LogP contribution in [0.3, 0.4) is 0 Å². The van der Waals surface area contributed by atoms with Crippen LogP contribution >= 0.6 is 22.6 Å². The lowest BCUT2D eigenvalue weighted by molar-refractivity contribution is 0.323. The molecule has 4 N–H and O–H groups in total. The molecule has 9 rings (SSSR count). The molecule has 0 aliphatic rings. The minimum atomic E-state index is -0.679. The first-order valence-corrected chi connectivity index (χ1v) is 17.9. The fraction of sp³-hybridized carbons (Fsp3) is 0.0222. The van der Waals surface area contributed by atoms with Gasteiger partial charge in [-0.3, -0.25) is 0 Å². The lowest BCUT2D eigenvalue weighted by Crippen LogP contribution is -1.95. The van der Waals surface area contributed by atoms with E-state index in [0.29, 0.717) is 22.1 Å². The zero-order valence-electron chi connectivity index (χ0n) is 27.7. The summed E-state index contributed by atoms with van der Waals surface area (Å²) in [7, 11) is 0. The van der Waals surface area contributed by atoms with Crippen LogP contribution in [0.15, 0.2) is 142 Å². The summed E-state index contributed by atoms with van der Waals surface area (Å²) in [6.07, 6.45) is 0. The first-order chi connectivity index (χ1) is 25.4. The van der Waals surface area contributed by atoms with Crippen LogP contribution in [0.1, 0.15) is 6.92 Å². The average Bonchev–Trinajstić information content (AvgIpc) is 3.57. The van der Waals surface area contributed by atoms with E-state index in [9.17, 15) is 20.4 Å². The molecule has 9 aromatic rings. The van der Waals surface area contributed by atoms with Crippen molar-refractivity contribution in [2.24, 2.45) is 0 Å². The smallest absolute Gasteiger partial charge is 0.217 e. The predicted molar refractivity (Wildman–Crippen MR) is 218 cm³/mol. The molecule has 1 aromatic heterocycles. The molecule has 1 heterocycles. The number of ether oxygens (including phenoxy) is 1. The lowest BCUT2D eigenvalue weighted by Gasteiger charge is -2.21. The molecule has 0 fully saturated rings. The van der Waals surface area contributed by atoms with E-state index < -0.39 is 28.7 Å². The van der Waals surface area contributed by atoms with Gasteiger partial charge in [-0.2, -0.15) is 0 Å². The van der Waals surface area contributed by atoms with Gasteiger partial charge in [-0.25, -0.2) is 0 Å². The molecular formula is C45H29IO6. The molecule has 0 radical (unpaired) electrons. The number of rotatable bonds is 5. The van der Waals surface area contributed by atoms with Crippen LogP contribution in [0, 0.1) is 0 Å². The summed E-state index contributed by atoms with van der Waals surface area (Å²) in [5.41, 5.74) is 6.18. The molecule has 0 aliphatic carbocycles. The zero-order chi connectivity index (χ0) is 35.7. The highest BCUT2D eigenvalue weighted by atomic mass is 127. The highest BCUT2D eigenvalue weighted by Gasteiger charge is 2.29. The third kappa shape index (κ3) is 4.69. The SMILES string of the molecule is C/C(=C/I)Oc1c(O)c(O)c(-c2c3ccccc3c(-c3cccc4c(-c5cccc6oc7ccccc7c56)cccc34)c3ccccc23)c(O)c1O. The van der Waals surface area contributed by atoms with Crippen molar-refractivity contribution in [1.82, 2.24) is 0 Å². The summed E-state index contributed by atoms with van der Waals surface area (Å²) in [4.78, 5) is 0. The van der Waals surface area contributed by atoms with Crippen LogP contribution in [-0.4, -0.2) is 20.4 Å². The summed E-state index contributed by atoms with van der Waals surface area (Å²) >= 11 is 1.96. The Kier molecular flexibility index (Phi) is 7.48. The standard InChI is InChI=1S/C45H29IO6/c1-24(23-46)51-45-43(49)41(47)40(42(48)44(45)50)39-32-13-4-2-11-30(32)37(31-12-3-5-14-33(31)39)28-19-9-16-25-26(28)17-8-18-27(25)29-20-10-22-36-38(29)34-15-6-7-21-35(34)52-36/h2-23,47-50H,1H3/b24-23-. The normalized spacial score (nSPS) is 12.1. The fourth-order valence-corrected chi connectivity index (χ4v) is 7.77. The van der Waals surface area contributed by atoms with Crippen molar-refractivity contribution in [2.45, 2.75) is 6.92 Å². The van der Waals surface area contributed by atoms with E-state index in [2.05, 4.69) is 48.5 Å². The Balaban J connectivity index is 1.35. The molecule has 0 saturated carbocycles. The number of hydrogen-bond donors (Lipinski definition) is 4. The number of fused-ring (bicyclic) bond motifs is 6. The van der Waals surface area contributed by atoms with Crippen LogP contribution < -0.4 is 4.74 Å². The molecule has 52 heavy (non-hydrogen) atoms. The van der Waals surface area contributed by atoms with Crippen LogP contribution in [0.25, 0.3) is 87.6 Å². The summed E-state index contributed by atoms with van der Waals surface area (Å²) in [5, 5.41) is 52.7. The van der Waals surface area contributed by atoms with Crippen LogP contribution in [0.5, 0.6) is 28.7 Å². The molecule has 0 spiro atoms. The van der Waals surface area contributed by atoms with Gasteiger partial charge < -0.3 is 29.6 Å². The maximum atomic E-state index is 11.5. The number of phenols is 4. The average molecular weight is 793 g/mol. The lowest BCUT2D eigenvalue weighted by atomic mass is 9.83. The number of furan rings is 1. The second-order valence-electron chi connectivity index (χ2n) is 12.7. The number of aromatic hydroxyl groups is 4. The maximum absolute atomic E-state index is 11.5. The second kappa shape index (κ2) is 12.2. The van der Waals surface area contributed by atoms with Gasteiger partial charge in [-0.05, 0) is 96.2 Å². The van der Waals surface area contributed by atoms with Gasteiger partial charge in [-0.1, -0.05) is 115 Å². The van der Waals surface area contributed by atoms with E-state index in [1.807, 2.05) is 101 Å². The Labute approximate surface area is 311 Å². The highest BCUT2D eigenvalue weighted by Crippen LogP contribution is 2.58. The number of halogens is 1. The van der Waals surface area contributed by atoms with Crippen LogP contribution in [0.4, 0.5) is 0 Å². The zero-order valence-corrected chi connectivity index (χ0v) is 29.8. The Morgan fingerprint density at radius 2 is 0.942 bits per heavy atom. The van der Waals surface area contributed by atoms with Crippen molar-refractivity contribution < 1.29 is 29.6 Å². The fourth-order valence-electron chi connectivity index (χ4n) is 7.64. The van der Waals surface area contributed by atoms with Gasteiger partial charge in [0.15, 0.2) is 11.5 Å². The van der Waals surface area contributed by atoms with Gasteiger partial charge in [0.1, 0.15) is 16.9 Å². The summed E-state index contributed by atoms with van der Waals surface area (Å²) in [6, 6.07) is 42.6. The van der Waals surface area contributed by atoms with Crippen molar-refractivity contribution in [3.05, 3.63) is 137 Å². The minimum Gasteiger partial charge on any atom is -0.504 e.